The Morgan fingerprint density at radius 3 is 3.00 bits per heavy atom. The molecule has 6 heteroatoms. The summed E-state index contributed by atoms with van der Waals surface area (Å²) < 4.78 is 2.30. The molecule has 124 valence electrons. The lowest BCUT2D eigenvalue weighted by atomic mass is 10.0. The van der Waals surface area contributed by atoms with Crippen molar-refractivity contribution in [3.05, 3.63) is 17.7 Å². The fourth-order valence-corrected chi connectivity index (χ4v) is 3.37. The molecule has 0 aromatic carbocycles. The van der Waals surface area contributed by atoms with E-state index in [1.165, 1.54) is 31.5 Å². The minimum atomic E-state index is 0. The predicted molar refractivity (Wildman–Crippen MR) is 101 cm³/mol. The van der Waals surface area contributed by atoms with Crippen molar-refractivity contribution in [3.8, 4) is 0 Å². The quantitative estimate of drug-likeness (QED) is 0.467. The number of halogens is 1. The van der Waals surface area contributed by atoms with Crippen molar-refractivity contribution in [3.63, 3.8) is 0 Å². The van der Waals surface area contributed by atoms with Crippen LogP contribution in [0.15, 0.2) is 11.2 Å². The van der Waals surface area contributed by atoms with Gasteiger partial charge < -0.3 is 15.2 Å². The van der Waals surface area contributed by atoms with Gasteiger partial charge in [0.25, 0.3) is 0 Å². The smallest absolute Gasteiger partial charge is 0.191 e. The molecule has 1 aromatic heterocycles. The molecule has 0 spiro atoms. The van der Waals surface area contributed by atoms with Crippen LogP contribution in [0.1, 0.15) is 44.1 Å². The normalized spacial score (nSPS) is 22.1. The van der Waals surface area contributed by atoms with E-state index in [0.29, 0.717) is 5.96 Å². The summed E-state index contributed by atoms with van der Waals surface area (Å²) >= 11 is 0. The number of piperidine rings is 1. The molecule has 1 aromatic rings. The Bertz CT molecular complexity index is 487. The largest absolute Gasteiger partial charge is 0.370 e. The van der Waals surface area contributed by atoms with E-state index in [9.17, 15) is 0 Å². The summed E-state index contributed by atoms with van der Waals surface area (Å²) in [6, 6.07) is 0. The Morgan fingerprint density at radius 1 is 1.36 bits per heavy atom. The molecule has 0 radical (unpaired) electrons. The number of hydrogen-bond acceptors (Lipinski definition) is 2. The van der Waals surface area contributed by atoms with Crippen LogP contribution in [0.25, 0.3) is 0 Å². The number of aliphatic imine (C=N–C) groups is 1. The summed E-state index contributed by atoms with van der Waals surface area (Å²) in [5.74, 6) is 2.69. The van der Waals surface area contributed by atoms with E-state index in [1.54, 1.807) is 0 Å². The van der Waals surface area contributed by atoms with Crippen LogP contribution < -0.4 is 5.73 Å². The Balaban J connectivity index is 0.00000176. The van der Waals surface area contributed by atoms with Crippen molar-refractivity contribution >= 4 is 29.9 Å². The van der Waals surface area contributed by atoms with Gasteiger partial charge in [0, 0.05) is 45.2 Å². The average molecular weight is 417 g/mol. The highest BCUT2D eigenvalue weighted by atomic mass is 127. The molecule has 1 saturated heterocycles. The van der Waals surface area contributed by atoms with Crippen molar-refractivity contribution in [2.75, 3.05) is 19.6 Å². The molecule has 1 atom stereocenters. The predicted octanol–water partition coefficient (Wildman–Crippen LogP) is 2.43. The van der Waals surface area contributed by atoms with Crippen molar-refractivity contribution in [2.45, 2.75) is 52.0 Å². The van der Waals surface area contributed by atoms with E-state index in [0.717, 1.165) is 50.6 Å². The second-order valence-corrected chi connectivity index (χ2v) is 6.48. The van der Waals surface area contributed by atoms with Crippen molar-refractivity contribution in [1.82, 2.24) is 14.5 Å². The van der Waals surface area contributed by atoms with Gasteiger partial charge in [0.1, 0.15) is 5.82 Å². The van der Waals surface area contributed by atoms with E-state index in [4.69, 9.17) is 10.7 Å². The summed E-state index contributed by atoms with van der Waals surface area (Å²) in [5, 5.41) is 0. The molecule has 2 aliphatic rings. The van der Waals surface area contributed by atoms with E-state index < -0.39 is 0 Å². The van der Waals surface area contributed by atoms with Gasteiger partial charge in [-0.15, -0.1) is 24.0 Å². The number of fused-ring (bicyclic) bond motifs is 1. The van der Waals surface area contributed by atoms with Gasteiger partial charge in [-0.3, -0.25) is 4.99 Å². The zero-order chi connectivity index (χ0) is 14.7. The van der Waals surface area contributed by atoms with Crippen LogP contribution in [0.5, 0.6) is 0 Å². The second-order valence-electron chi connectivity index (χ2n) is 6.48. The highest BCUT2D eigenvalue weighted by Gasteiger charge is 2.17. The number of hydrogen-bond donors (Lipinski definition) is 1. The fourth-order valence-electron chi connectivity index (χ4n) is 3.37. The summed E-state index contributed by atoms with van der Waals surface area (Å²) in [6.45, 7) is 6.26. The number of likely N-dealkylation sites (tertiary alicyclic amines) is 1. The first-order valence-corrected chi connectivity index (χ1v) is 8.32. The Hall–Kier alpha value is -0.790. The molecule has 0 saturated carbocycles. The van der Waals surface area contributed by atoms with Crippen molar-refractivity contribution < 1.29 is 0 Å². The van der Waals surface area contributed by atoms with Gasteiger partial charge in [-0.2, -0.15) is 0 Å². The lowest BCUT2D eigenvalue weighted by molar-refractivity contribution is 0.270. The number of guanidine groups is 1. The zero-order valence-corrected chi connectivity index (χ0v) is 15.8. The number of nitrogens with zero attached hydrogens (tertiary/aromatic N) is 4. The van der Waals surface area contributed by atoms with Crippen molar-refractivity contribution in [1.29, 1.82) is 0 Å². The molecule has 3 rings (SSSR count). The van der Waals surface area contributed by atoms with Gasteiger partial charge in [0.15, 0.2) is 5.96 Å². The molecular weight excluding hydrogens is 389 g/mol. The van der Waals surface area contributed by atoms with Crippen LogP contribution in [0, 0.1) is 5.92 Å². The second kappa shape index (κ2) is 8.17. The molecule has 2 N–H and O–H groups in total. The summed E-state index contributed by atoms with van der Waals surface area (Å²) in [6.07, 6.45) is 9.30. The minimum Gasteiger partial charge on any atom is -0.370 e. The van der Waals surface area contributed by atoms with E-state index in [-0.39, 0.29) is 24.0 Å². The van der Waals surface area contributed by atoms with Gasteiger partial charge in [-0.1, -0.05) is 6.92 Å². The maximum Gasteiger partial charge on any atom is 0.191 e. The minimum absolute atomic E-state index is 0. The maximum absolute atomic E-state index is 6.12. The van der Waals surface area contributed by atoms with Gasteiger partial charge in [-0.25, -0.2) is 4.98 Å². The first-order chi connectivity index (χ1) is 10.2. The average Bonchev–Trinajstić information content (AvgIpc) is 2.89. The number of nitrogens with two attached hydrogens (primary N) is 1. The third-order valence-electron chi connectivity index (χ3n) is 4.58. The molecule has 22 heavy (non-hydrogen) atoms. The SMILES string of the molecule is CC1CCCN(C(N)=NCCc2cn3c(n2)CCCC3)C1.I. The van der Waals surface area contributed by atoms with Crippen LogP contribution in [-0.2, 0) is 19.4 Å². The maximum atomic E-state index is 6.12. The van der Waals surface area contributed by atoms with Gasteiger partial charge >= 0.3 is 0 Å². The standard InChI is InChI=1S/C16H27N5.HI/c1-13-5-4-10-21(11-13)16(17)18-8-7-14-12-20-9-3-2-6-15(20)19-14;/h12-13H,2-11H2,1H3,(H2,17,18);1H. The van der Waals surface area contributed by atoms with E-state index >= 15 is 0 Å². The number of imidazole rings is 1. The molecule has 1 fully saturated rings. The Kier molecular flexibility index (Phi) is 6.52. The molecule has 3 heterocycles. The fraction of sp³-hybridized carbons (Fsp3) is 0.750. The van der Waals surface area contributed by atoms with E-state index in [1.807, 2.05) is 0 Å². The van der Waals surface area contributed by atoms with Gasteiger partial charge in [0.05, 0.1) is 5.69 Å². The van der Waals surface area contributed by atoms with Crippen LogP contribution >= 0.6 is 24.0 Å². The third-order valence-corrected chi connectivity index (χ3v) is 4.58. The summed E-state index contributed by atoms with van der Waals surface area (Å²) in [7, 11) is 0. The topological polar surface area (TPSA) is 59.4 Å². The first-order valence-electron chi connectivity index (χ1n) is 8.32. The molecule has 0 aliphatic carbocycles. The first kappa shape index (κ1) is 17.6. The van der Waals surface area contributed by atoms with E-state index in [2.05, 4.69) is 27.6 Å². The van der Waals surface area contributed by atoms with Crippen LogP contribution in [0.2, 0.25) is 0 Å². The lowest BCUT2D eigenvalue weighted by Crippen LogP contribution is -2.43. The molecule has 5 nitrogen and oxygen atoms in total. The van der Waals surface area contributed by atoms with Gasteiger partial charge in [-0.05, 0) is 31.6 Å². The number of aryl methyl sites for hydroxylation is 2. The molecule has 0 amide bonds. The third kappa shape index (κ3) is 4.36. The van der Waals surface area contributed by atoms with Crippen molar-refractivity contribution in [2.24, 2.45) is 16.6 Å². The highest BCUT2D eigenvalue weighted by molar-refractivity contribution is 14.0. The van der Waals surface area contributed by atoms with Crippen LogP contribution in [0.4, 0.5) is 0 Å². The molecule has 2 aliphatic heterocycles. The van der Waals surface area contributed by atoms with Crippen LogP contribution in [0.3, 0.4) is 0 Å². The van der Waals surface area contributed by atoms with Gasteiger partial charge in [0.2, 0.25) is 0 Å². The number of rotatable bonds is 3. The Morgan fingerprint density at radius 2 is 2.23 bits per heavy atom. The zero-order valence-electron chi connectivity index (χ0n) is 13.5. The molecule has 0 bridgehead atoms. The summed E-state index contributed by atoms with van der Waals surface area (Å²) in [5.41, 5.74) is 7.29. The lowest BCUT2D eigenvalue weighted by Gasteiger charge is -2.31. The van der Waals surface area contributed by atoms with Crippen LogP contribution in [-0.4, -0.2) is 40.0 Å². The highest BCUT2D eigenvalue weighted by Crippen LogP contribution is 2.16. The molecule has 1 unspecified atom stereocenters. The summed E-state index contributed by atoms with van der Waals surface area (Å²) in [4.78, 5) is 11.5. The molecular formula is C16H28IN5. The monoisotopic (exact) mass is 417 g/mol. The number of aromatic nitrogens is 2. The Labute approximate surface area is 150 Å².